The van der Waals surface area contributed by atoms with E-state index < -0.39 is 0 Å². The topological polar surface area (TPSA) is 26.3 Å². The summed E-state index contributed by atoms with van der Waals surface area (Å²) in [4.78, 5) is 12.5. The van der Waals surface area contributed by atoms with Gasteiger partial charge in [-0.3, -0.25) is 4.79 Å². The molecule has 4 rings (SSSR count). The zero-order valence-corrected chi connectivity index (χ0v) is 22.1. The van der Waals surface area contributed by atoms with Crippen LogP contribution >= 0.6 is 0 Å². The standard InChI is InChI=1S/C31H50O2/c1-5-7-8-9-10-11-12-13-29(32)33-25-18-20-31(4)24(22-25)14-16-26-27-17-15-23(6-2)30(27,3)21-19-28(26)31/h14-15,25-28H,5-13,16-22H2,1-4H3. The minimum absolute atomic E-state index is 0.0454. The van der Waals surface area contributed by atoms with Gasteiger partial charge in [-0.05, 0) is 80.0 Å². The number of fused-ring (bicyclic) bond motifs is 5. The molecule has 4 aliphatic rings. The smallest absolute Gasteiger partial charge is 0.306 e. The lowest BCUT2D eigenvalue weighted by molar-refractivity contribution is -0.151. The first-order valence-electron chi connectivity index (χ1n) is 14.5. The average Bonchev–Trinajstić information content (AvgIpc) is 3.15. The summed E-state index contributed by atoms with van der Waals surface area (Å²) < 4.78 is 5.99. The summed E-state index contributed by atoms with van der Waals surface area (Å²) >= 11 is 0. The maximum atomic E-state index is 12.5. The molecule has 33 heavy (non-hydrogen) atoms. The summed E-state index contributed by atoms with van der Waals surface area (Å²) in [7, 11) is 0. The van der Waals surface area contributed by atoms with Crippen molar-refractivity contribution in [3.8, 4) is 0 Å². The Labute approximate surface area is 204 Å². The van der Waals surface area contributed by atoms with Gasteiger partial charge in [0.05, 0.1) is 0 Å². The highest BCUT2D eigenvalue weighted by Crippen LogP contribution is 2.65. The van der Waals surface area contributed by atoms with E-state index in [1.165, 1.54) is 77.0 Å². The number of carbonyl (C=O) groups is 1. The van der Waals surface area contributed by atoms with Crippen LogP contribution in [-0.2, 0) is 9.53 Å². The van der Waals surface area contributed by atoms with Crippen molar-refractivity contribution >= 4 is 5.97 Å². The van der Waals surface area contributed by atoms with Gasteiger partial charge in [-0.2, -0.15) is 0 Å². The minimum atomic E-state index is 0.0454. The molecule has 6 atom stereocenters. The van der Waals surface area contributed by atoms with Gasteiger partial charge in [-0.1, -0.05) is 89.5 Å². The fourth-order valence-corrected chi connectivity index (χ4v) is 8.40. The van der Waals surface area contributed by atoms with Crippen molar-refractivity contribution < 1.29 is 9.53 Å². The molecule has 0 heterocycles. The monoisotopic (exact) mass is 454 g/mol. The molecule has 2 fully saturated rings. The molecule has 0 amide bonds. The van der Waals surface area contributed by atoms with Crippen molar-refractivity contribution in [3.05, 3.63) is 23.3 Å². The highest BCUT2D eigenvalue weighted by molar-refractivity contribution is 5.69. The van der Waals surface area contributed by atoms with Crippen molar-refractivity contribution in [2.24, 2.45) is 28.6 Å². The largest absolute Gasteiger partial charge is 0.462 e. The van der Waals surface area contributed by atoms with Crippen molar-refractivity contribution in [1.29, 1.82) is 0 Å². The van der Waals surface area contributed by atoms with Crippen molar-refractivity contribution in [2.45, 2.75) is 137 Å². The number of ether oxygens (including phenoxy) is 1. The number of carbonyl (C=O) groups excluding carboxylic acids is 1. The third kappa shape index (κ3) is 5.01. The first kappa shape index (κ1) is 25.1. The van der Waals surface area contributed by atoms with Crippen molar-refractivity contribution in [3.63, 3.8) is 0 Å². The Balaban J connectivity index is 1.28. The first-order valence-corrected chi connectivity index (χ1v) is 14.5. The van der Waals surface area contributed by atoms with Crippen LogP contribution < -0.4 is 0 Å². The summed E-state index contributed by atoms with van der Waals surface area (Å²) in [6.45, 7) is 9.73. The summed E-state index contributed by atoms with van der Waals surface area (Å²) in [5.74, 6) is 2.56. The number of unbranched alkanes of at least 4 members (excludes halogenated alkanes) is 6. The van der Waals surface area contributed by atoms with Crippen LogP contribution in [0.15, 0.2) is 23.3 Å². The van der Waals surface area contributed by atoms with Gasteiger partial charge in [0.25, 0.3) is 0 Å². The molecule has 4 aliphatic carbocycles. The van der Waals surface area contributed by atoms with E-state index >= 15 is 0 Å². The lowest BCUT2D eigenvalue weighted by atomic mass is 9.47. The second kappa shape index (κ2) is 10.7. The van der Waals surface area contributed by atoms with Crippen molar-refractivity contribution in [1.82, 2.24) is 0 Å². The molecule has 0 aromatic heterocycles. The molecule has 0 spiro atoms. The number of allylic oxidation sites excluding steroid dienone is 3. The maximum absolute atomic E-state index is 12.5. The van der Waals surface area contributed by atoms with E-state index in [0.29, 0.717) is 17.3 Å². The highest BCUT2D eigenvalue weighted by atomic mass is 16.5. The van der Waals surface area contributed by atoms with E-state index in [1.807, 2.05) is 0 Å². The van der Waals surface area contributed by atoms with Crippen LogP contribution in [0.4, 0.5) is 0 Å². The molecule has 2 nitrogen and oxygen atoms in total. The van der Waals surface area contributed by atoms with E-state index in [4.69, 9.17) is 4.74 Å². The van der Waals surface area contributed by atoms with Gasteiger partial charge in [-0.25, -0.2) is 0 Å². The second-order valence-corrected chi connectivity index (χ2v) is 12.3. The Morgan fingerprint density at radius 3 is 2.39 bits per heavy atom. The van der Waals surface area contributed by atoms with Crippen LogP contribution in [0.5, 0.6) is 0 Å². The number of hydrogen-bond donors (Lipinski definition) is 0. The fourth-order valence-electron chi connectivity index (χ4n) is 8.40. The first-order chi connectivity index (χ1) is 15.9. The normalized spacial score (nSPS) is 37.5. The molecule has 2 heteroatoms. The van der Waals surface area contributed by atoms with Crippen LogP contribution in [0.2, 0.25) is 0 Å². The molecule has 6 unspecified atom stereocenters. The van der Waals surface area contributed by atoms with E-state index in [2.05, 4.69) is 39.8 Å². The Morgan fingerprint density at radius 1 is 0.909 bits per heavy atom. The van der Waals surface area contributed by atoms with Gasteiger partial charge in [0.15, 0.2) is 0 Å². The predicted molar refractivity (Wildman–Crippen MR) is 138 cm³/mol. The molecule has 0 bridgehead atoms. The SMILES string of the molecule is CCCCCCCCCC(=O)OC1CCC2(C)C(=CCC3C4CC=C(CC)C4(C)CCC32)C1. The third-order valence-corrected chi connectivity index (χ3v) is 10.5. The third-order valence-electron chi connectivity index (χ3n) is 10.5. The van der Waals surface area contributed by atoms with Crippen LogP contribution in [0.3, 0.4) is 0 Å². The number of hydrogen-bond acceptors (Lipinski definition) is 2. The van der Waals surface area contributed by atoms with E-state index in [-0.39, 0.29) is 12.1 Å². The molecule has 0 N–H and O–H groups in total. The minimum Gasteiger partial charge on any atom is -0.462 e. The van der Waals surface area contributed by atoms with E-state index in [9.17, 15) is 4.79 Å². The summed E-state index contributed by atoms with van der Waals surface area (Å²) in [5.41, 5.74) is 4.15. The average molecular weight is 455 g/mol. The van der Waals surface area contributed by atoms with Gasteiger partial charge < -0.3 is 4.74 Å². The Hall–Kier alpha value is -1.05. The molecule has 0 aromatic carbocycles. The van der Waals surface area contributed by atoms with E-state index in [0.717, 1.165) is 37.0 Å². The summed E-state index contributed by atoms with van der Waals surface area (Å²) in [6.07, 6.45) is 24.4. The number of esters is 1. The van der Waals surface area contributed by atoms with Crippen LogP contribution in [0.25, 0.3) is 0 Å². The molecule has 0 saturated heterocycles. The van der Waals surface area contributed by atoms with Crippen LogP contribution in [-0.4, -0.2) is 12.1 Å². The highest BCUT2D eigenvalue weighted by Gasteiger charge is 2.56. The maximum Gasteiger partial charge on any atom is 0.306 e. The molecular weight excluding hydrogens is 404 g/mol. The quantitative estimate of drug-likeness (QED) is 0.187. The van der Waals surface area contributed by atoms with Crippen LogP contribution in [0.1, 0.15) is 130 Å². The van der Waals surface area contributed by atoms with Gasteiger partial charge in [0, 0.05) is 12.8 Å². The molecule has 186 valence electrons. The Kier molecular flexibility index (Phi) is 8.12. The lowest BCUT2D eigenvalue weighted by Gasteiger charge is -2.58. The summed E-state index contributed by atoms with van der Waals surface area (Å²) in [6, 6.07) is 0. The van der Waals surface area contributed by atoms with E-state index in [1.54, 1.807) is 11.1 Å². The molecule has 0 radical (unpaired) electrons. The van der Waals surface area contributed by atoms with Gasteiger partial charge in [0.1, 0.15) is 6.10 Å². The molecular formula is C31H50O2. The second-order valence-electron chi connectivity index (χ2n) is 12.3. The van der Waals surface area contributed by atoms with Gasteiger partial charge >= 0.3 is 5.97 Å². The van der Waals surface area contributed by atoms with Gasteiger partial charge in [0.2, 0.25) is 0 Å². The summed E-state index contributed by atoms with van der Waals surface area (Å²) in [5, 5.41) is 0. The van der Waals surface area contributed by atoms with Crippen LogP contribution in [0, 0.1) is 28.6 Å². The number of rotatable bonds is 10. The zero-order valence-electron chi connectivity index (χ0n) is 22.1. The lowest BCUT2D eigenvalue weighted by Crippen LogP contribution is -2.50. The Bertz CT molecular complexity index is 748. The fraction of sp³-hybridized carbons (Fsp3) is 0.839. The Morgan fingerprint density at radius 2 is 1.64 bits per heavy atom. The molecule has 0 aromatic rings. The van der Waals surface area contributed by atoms with Crippen molar-refractivity contribution in [2.75, 3.05) is 0 Å². The van der Waals surface area contributed by atoms with Gasteiger partial charge in [-0.15, -0.1) is 0 Å². The predicted octanol–water partition coefficient (Wildman–Crippen LogP) is 8.95. The molecule has 2 saturated carbocycles. The molecule has 0 aliphatic heterocycles. The zero-order chi connectivity index (χ0) is 23.5.